The van der Waals surface area contributed by atoms with Gasteiger partial charge in [-0.3, -0.25) is 0 Å². The van der Waals surface area contributed by atoms with Gasteiger partial charge >= 0.3 is 0 Å². The molecule has 0 aromatic carbocycles. The molecule has 2 N–H and O–H groups in total. The van der Waals surface area contributed by atoms with Crippen molar-refractivity contribution in [3.8, 4) is 0 Å². The van der Waals surface area contributed by atoms with Crippen molar-refractivity contribution in [3.05, 3.63) is 11.1 Å². The number of nitrogens with one attached hydrogen (secondary N) is 1. The second-order valence-electron chi connectivity index (χ2n) is 4.10. The van der Waals surface area contributed by atoms with E-state index in [9.17, 15) is 5.11 Å². The number of hydrogen-bond donors (Lipinski definition) is 2. The van der Waals surface area contributed by atoms with Gasteiger partial charge in [-0.15, -0.1) is 11.3 Å². The van der Waals surface area contributed by atoms with Gasteiger partial charge in [-0.25, -0.2) is 4.98 Å². The van der Waals surface area contributed by atoms with E-state index in [2.05, 4.69) is 10.3 Å². The standard InChI is InChI=1S/C10H17N3O2S/c1-13(2)10-12-4-7(16-10)3-11-8-5-15-6-9(8)14/h4,8-9,11,14H,3,5-6H2,1-2H3. The third-order valence-electron chi connectivity index (χ3n) is 2.51. The second kappa shape index (κ2) is 5.09. The molecule has 2 atom stereocenters. The fraction of sp³-hybridized carbons (Fsp3) is 0.700. The van der Waals surface area contributed by atoms with Crippen LogP contribution in [0.25, 0.3) is 0 Å². The number of aromatic nitrogens is 1. The molecule has 5 nitrogen and oxygen atoms in total. The third-order valence-corrected chi connectivity index (χ3v) is 3.68. The first-order valence-electron chi connectivity index (χ1n) is 5.28. The summed E-state index contributed by atoms with van der Waals surface area (Å²) in [5.74, 6) is 0. The van der Waals surface area contributed by atoms with Gasteiger partial charge in [0, 0.05) is 31.7 Å². The quantitative estimate of drug-likeness (QED) is 0.783. The van der Waals surface area contributed by atoms with Crippen LogP contribution in [0.4, 0.5) is 5.13 Å². The molecule has 6 heteroatoms. The van der Waals surface area contributed by atoms with Crippen LogP contribution in [0.15, 0.2) is 6.20 Å². The Morgan fingerprint density at radius 1 is 1.62 bits per heavy atom. The van der Waals surface area contributed by atoms with Crippen LogP contribution in [0, 0.1) is 0 Å². The maximum Gasteiger partial charge on any atom is 0.185 e. The minimum Gasteiger partial charge on any atom is -0.389 e. The fourth-order valence-corrected chi connectivity index (χ4v) is 2.34. The zero-order valence-corrected chi connectivity index (χ0v) is 10.3. The number of hydrogen-bond acceptors (Lipinski definition) is 6. The molecule has 1 aromatic heterocycles. The highest BCUT2D eigenvalue weighted by molar-refractivity contribution is 7.15. The Morgan fingerprint density at radius 3 is 3.00 bits per heavy atom. The Kier molecular flexibility index (Phi) is 3.75. The number of aliphatic hydroxyl groups is 1. The monoisotopic (exact) mass is 243 g/mol. The average molecular weight is 243 g/mol. The van der Waals surface area contributed by atoms with Gasteiger partial charge in [0.15, 0.2) is 5.13 Å². The van der Waals surface area contributed by atoms with Crippen LogP contribution in [0.2, 0.25) is 0 Å². The molecule has 0 aliphatic carbocycles. The molecular formula is C10H17N3O2S. The van der Waals surface area contributed by atoms with Crippen LogP contribution in [0.1, 0.15) is 4.88 Å². The minimum atomic E-state index is -0.388. The molecular weight excluding hydrogens is 226 g/mol. The van der Waals surface area contributed by atoms with Gasteiger partial charge in [-0.05, 0) is 0 Å². The Morgan fingerprint density at radius 2 is 2.44 bits per heavy atom. The molecule has 1 aliphatic rings. The summed E-state index contributed by atoms with van der Waals surface area (Å²) in [4.78, 5) is 7.45. The van der Waals surface area contributed by atoms with Gasteiger partial charge in [0.1, 0.15) is 0 Å². The highest BCUT2D eigenvalue weighted by atomic mass is 32.1. The number of thiazole rings is 1. The molecule has 0 spiro atoms. The maximum atomic E-state index is 9.55. The SMILES string of the molecule is CN(C)c1ncc(CNC2COCC2O)s1. The van der Waals surface area contributed by atoms with E-state index in [0.29, 0.717) is 13.2 Å². The van der Waals surface area contributed by atoms with Gasteiger partial charge < -0.3 is 20.1 Å². The van der Waals surface area contributed by atoms with Crippen LogP contribution in [0.5, 0.6) is 0 Å². The summed E-state index contributed by atoms with van der Waals surface area (Å²) >= 11 is 1.66. The van der Waals surface area contributed by atoms with E-state index >= 15 is 0 Å². The smallest absolute Gasteiger partial charge is 0.185 e. The van der Waals surface area contributed by atoms with Crippen molar-refractivity contribution >= 4 is 16.5 Å². The van der Waals surface area contributed by atoms with E-state index < -0.39 is 0 Å². The lowest BCUT2D eigenvalue weighted by atomic mass is 10.2. The van der Waals surface area contributed by atoms with E-state index in [1.54, 1.807) is 11.3 Å². The van der Waals surface area contributed by atoms with Crippen molar-refractivity contribution in [1.82, 2.24) is 10.3 Å². The van der Waals surface area contributed by atoms with Gasteiger partial charge in [-0.1, -0.05) is 0 Å². The fourth-order valence-electron chi connectivity index (χ4n) is 1.56. The van der Waals surface area contributed by atoms with E-state index in [1.165, 1.54) is 4.88 Å². The Balaban J connectivity index is 1.84. The topological polar surface area (TPSA) is 57.6 Å². The highest BCUT2D eigenvalue weighted by Gasteiger charge is 2.25. The van der Waals surface area contributed by atoms with Gasteiger partial charge in [0.2, 0.25) is 0 Å². The molecule has 0 radical (unpaired) electrons. The van der Waals surface area contributed by atoms with E-state index in [0.717, 1.165) is 11.7 Å². The Hall–Kier alpha value is -0.690. The number of anilines is 1. The Bertz CT molecular complexity index is 343. The summed E-state index contributed by atoms with van der Waals surface area (Å²) in [6.07, 6.45) is 1.48. The first-order chi connectivity index (χ1) is 7.66. The minimum absolute atomic E-state index is 0.0462. The van der Waals surface area contributed by atoms with Gasteiger partial charge in [-0.2, -0.15) is 0 Å². The van der Waals surface area contributed by atoms with Crippen LogP contribution in [-0.4, -0.2) is 49.5 Å². The average Bonchev–Trinajstić information content (AvgIpc) is 2.83. The summed E-state index contributed by atoms with van der Waals surface area (Å²) in [6, 6.07) is 0.0462. The molecule has 2 heterocycles. The van der Waals surface area contributed by atoms with E-state index in [4.69, 9.17) is 4.74 Å². The first-order valence-corrected chi connectivity index (χ1v) is 6.09. The molecule has 90 valence electrons. The molecule has 1 saturated heterocycles. The lowest BCUT2D eigenvalue weighted by Crippen LogP contribution is -2.38. The summed E-state index contributed by atoms with van der Waals surface area (Å²) in [5.41, 5.74) is 0. The predicted molar refractivity (Wildman–Crippen MR) is 63.9 cm³/mol. The number of ether oxygens (including phenoxy) is 1. The second-order valence-corrected chi connectivity index (χ2v) is 5.19. The summed E-state index contributed by atoms with van der Waals surface area (Å²) in [6.45, 7) is 1.75. The predicted octanol–water partition coefficient (Wildman–Crippen LogP) is 0.0584. The van der Waals surface area contributed by atoms with Crippen molar-refractivity contribution in [3.63, 3.8) is 0 Å². The third kappa shape index (κ3) is 2.70. The van der Waals surface area contributed by atoms with Crippen LogP contribution in [-0.2, 0) is 11.3 Å². The molecule has 1 fully saturated rings. The molecule has 0 bridgehead atoms. The summed E-state index contributed by atoms with van der Waals surface area (Å²) in [5, 5.41) is 13.8. The molecule has 1 aliphatic heterocycles. The van der Waals surface area contributed by atoms with Crippen LogP contribution >= 0.6 is 11.3 Å². The number of nitrogens with zero attached hydrogens (tertiary/aromatic N) is 2. The Labute approximate surface area is 99.1 Å². The lowest BCUT2D eigenvalue weighted by Gasteiger charge is -2.13. The summed E-state index contributed by atoms with van der Waals surface area (Å²) < 4.78 is 5.17. The normalized spacial score (nSPS) is 24.9. The van der Waals surface area contributed by atoms with Crippen molar-refractivity contribution < 1.29 is 9.84 Å². The molecule has 2 unspecified atom stereocenters. The molecule has 0 saturated carbocycles. The molecule has 2 rings (SSSR count). The van der Waals surface area contributed by atoms with Crippen molar-refractivity contribution in [2.24, 2.45) is 0 Å². The largest absolute Gasteiger partial charge is 0.389 e. The zero-order chi connectivity index (χ0) is 11.5. The summed E-state index contributed by atoms with van der Waals surface area (Å²) in [7, 11) is 3.95. The maximum absolute atomic E-state index is 9.55. The highest BCUT2D eigenvalue weighted by Crippen LogP contribution is 2.20. The number of aliphatic hydroxyl groups excluding tert-OH is 1. The molecule has 0 amide bonds. The van der Waals surface area contributed by atoms with E-state index in [1.807, 2.05) is 25.2 Å². The number of rotatable bonds is 4. The van der Waals surface area contributed by atoms with Gasteiger partial charge in [0.05, 0.1) is 25.4 Å². The molecule has 1 aromatic rings. The molecule has 16 heavy (non-hydrogen) atoms. The lowest BCUT2D eigenvalue weighted by molar-refractivity contribution is 0.122. The zero-order valence-electron chi connectivity index (χ0n) is 9.51. The van der Waals surface area contributed by atoms with Crippen LogP contribution in [0.3, 0.4) is 0 Å². The van der Waals surface area contributed by atoms with Crippen LogP contribution < -0.4 is 10.2 Å². The van der Waals surface area contributed by atoms with Crippen molar-refractivity contribution in [2.75, 3.05) is 32.2 Å². The van der Waals surface area contributed by atoms with E-state index in [-0.39, 0.29) is 12.1 Å². The van der Waals surface area contributed by atoms with Crippen molar-refractivity contribution in [1.29, 1.82) is 0 Å². The van der Waals surface area contributed by atoms with Gasteiger partial charge in [0.25, 0.3) is 0 Å². The van der Waals surface area contributed by atoms with Crippen molar-refractivity contribution in [2.45, 2.75) is 18.7 Å². The first kappa shape index (κ1) is 11.8.